The minimum atomic E-state index is -0.241. The van der Waals surface area contributed by atoms with E-state index in [-0.39, 0.29) is 23.3 Å². The first kappa shape index (κ1) is 13.6. The zero-order valence-electron chi connectivity index (χ0n) is 11.3. The van der Waals surface area contributed by atoms with Crippen LogP contribution < -0.4 is 5.32 Å². The first-order valence-corrected chi connectivity index (χ1v) is 6.46. The van der Waals surface area contributed by atoms with Crippen LogP contribution in [-0.2, 0) is 20.9 Å². The number of amides is 1. The van der Waals surface area contributed by atoms with Gasteiger partial charge in [-0.25, -0.2) is 0 Å². The lowest BCUT2D eigenvalue weighted by Crippen LogP contribution is -2.59. The molecule has 2 atom stereocenters. The number of hydrogen-bond donors (Lipinski definition) is 1. The van der Waals surface area contributed by atoms with Gasteiger partial charge in [0.25, 0.3) is 0 Å². The van der Waals surface area contributed by atoms with Gasteiger partial charge in [-0.1, -0.05) is 44.2 Å². The van der Waals surface area contributed by atoms with Crippen molar-refractivity contribution in [2.45, 2.75) is 32.9 Å². The van der Waals surface area contributed by atoms with Gasteiger partial charge >= 0.3 is 5.97 Å². The topological polar surface area (TPSA) is 55.4 Å². The largest absolute Gasteiger partial charge is 0.461 e. The molecule has 2 rings (SSSR count). The molecular weight excluding hydrogens is 242 g/mol. The Kier molecular flexibility index (Phi) is 3.88. The Morgan fingerprint density at radius 2 is 2.11 bits per heavy atom. The smallest absolute Gasteiger partial charge is 0.309 e. The van der Waals surface area contributed by atoms with Gasteiger partial charge in [-0.05, 0) is 17.4 Å². The summed E-state index contributed by atoms with van der Waals surface area (Å²) in [5.74, 6) is -0.327. The molecule has 1 aliphatic rings. The zero-order chi connectivity index (χ0) is 13.9. The predicted octanol–water partition coefficient (Wildman–Crippen LogP) is 1.89. The summed E-state index contributed by atoms with van der Waals surface area (Å²) >= 11 is 0. The van der Waals surface area contributed by atoms with Crippen molar-refractivity contribution in [2.75, 3.05) is 0 Å². The fourth-order valence-electron chi connectivity index (χ4n) is 2.52. The molecule has 0 aromatic heterocycles. The van der Waals surface area contributed by atoms with E-state index < -0.39 is 0 Å². The van der Waals surface area contributed by atoms with E-state index in [1.54, 1.807) is 0 Å². The standard InChI is InChI=1S/C15H19NO3/c1-15(2)12(8-13(15)16-10-17)14(18)19-9-11-6-4-3-5-7-11/h3-7,10,12-13H,8-9H2,1-2H3,(H,16,17)/t12-,13+/m0/s1. The highest BCUT2D eigenvalue weighted by molar-refractivity contribution is 5.75. The summed E-state index contributed by atoms with van der Waals surface area (Å²) in [4.78, 5) is 22.5. The second kappa shape index (κ2) is 5.43. The third-order valence-corrected chi connectivity index (χ3v) is 4.05. The summed E-state index contributed by atoms with van der Waals surface area (Å²) in [5.41, 5.74) is 0.741. The number of hydrogen-bond acceptors (Lipinski definition) is 3. The fourth-order valence-corrected chi connectivity index (χ4v) is 2.52. The molecule has 4 heteroatoms. The van der Waals surface area contributed by atoms with E-state index in [2.05, 4.69) is 5.32 Å². The lowest BCUT2D eigenvalue weighted by Gasteiger charge is -2.50. The lowest BCUT2D eigenvalue weighted by atomic mass is 9.58. The van der Waals surface area contributed by atoms with Crippen molar-refractivity contribution in [1.82, 2.24) is 5.32 Å². The Bertz CT molecular complexity index is 456. The molecule has 1 aromatic carbocycles. The average Bonchev–Trinajstić information content (AvgIpc) is 2.41. The summed E-state index contributed by atoms with van der Waals surface area (Å²) in [6.45, 7) is 4.26. The molecule has 0 unspecified atom stereocenters. The highest BCUT2D eigenvalue weighted by Gasteiger charge is 2.52. The Balaban J connectivity index is 1.87. The van der Waals surface area contributed by atoms with Crippen molar-refractivity contribution >= 4 is 12.4 Å². The number of ether oxygens (including phenoxy) is 1. The van der Waals surface area contributed by atoms with Crippen LogP contribution in [0.25, 0.3) is 0 Å². The van der Waals surface area contributed by atoms with Crippen molar-refractivity contribution in [2.24, 2.45) is 11.3 Å². The highest BCUT2D eigenvalue weighted by atomic mass is 16.5. The fraction of sp³-hybridized carbons (Fsp3) is 0.467. The molecule has 0 bridgehead atoms. The van der Waals surface area contributed by atoms with Crippen molar-refractivity contribution < 1.29 is 14.3 Å². The highest BCUT2D eigenvalue weighted by Crippen LogP contribution is 2.46. The van der Waals surface area contributed by atoms with Crippen LogP contribution in [0.5, 0.6) is 0 Å². The summed E-state index contributed by atoms with van der Waals surface area (Å²) in [6.07, 6.45) is 1.34. The summed E-state index contributed by atoms with van der Waals surface area (Å²) in [6, 6.07) is 9.67. The normalized spacial score (nSPS) is 24.1. The van der Waals surface area contributed by atoms with Crippen molar-refractivity contribution in [3.63, 3.8) is 0 Å². The number of carbonyl (C=O) groups excluding carboxylic acids is 2. The van der Waals surface area contributed by atoms with Gasteiger partial charge in [-0.15, -0.1) is 0 Å². The van der Waals surface area contributed by atoms with Crippen molar-refractivity contribution in [1.29, 1.82) is 0 Å². The van der Waals surface area contributed by atoms with Gasteiger partial charge in [0.15, 0.2) is 0 Å². The molecule has 1 aromatic rings. The van der Waals surface area contributed by atoms with Gasteiger partial charge in [0.2, 0.25) is 6.41 Å². The van der Waals surface area contributed by atoms with E-state index in [1.807, 2.05) is 44.2 Å². The van der Waals surface area contributed by atoms with Crippen LogP contribution in [0.2, 0.25) is 0 Å². The first-order valence-electron chi connectivity index (χ1n) is 6.46. The third-order valence-electron chi connectivity index (χ3n) is 4.05. The van der Waals surface area contributed by atoms with Crippen molar-refractivity contribution in [3.05, 3.63) is 35.9 Å². The minimum Gasteiger partial charge on any atom is -0.461 e. The Labute approximate surface area is 113 Å². The third kappa shape index (κ3) is 2.78. The SMILES string of the molecule is CC1(C)[C@H](NC=O)C[C@H]1C(=O)OCc1ccccc1. The molecule has 1 aliphatic carbocycles. The number of rotatable bonds is 5. The molecule has 0 spiro atoms. The quantitative estimate of drug-likeness (QED) is 0.650. The van der Waals surface area contributed by atoms with E-state index in [0.717, 1.165) is 5.56 Å². The van der Waals surface area contributed by atoms with E-state index in [4.69, 9.17) is 4.74 Å². The maximum absolute atomic E-state index is 12.0. The molecule has 0 heterocycles. The Hall–Kier alpha value is -1.84. The zero-order valence-corrected chi connectivity index (χ0v) is 11.3. The maximum atomic E-state index is 12.0. The molecule has 0 saturated heterocycles. The van der Waals surface area contributed by atoms with E-state index >= 15 is 0 Å². The molecule has 0 aliphatic heterocycles. The summed E-state index contributed by atoms with van der Waals surface area (Å²) < 4.78 is 5.34. The van der Waals surface area contributed by atoms with Crippen LogP contribution >= 0.6 is 0 Å². The predicted molar refractivity (Wildman–Crippen MR) is 71.1 cm³/mol. The molecular formula is C15H19NO3. The second-order valence-electron chi connectivity index (χ2n) is 5.54. The van der Waals surface area contributed by atoms with Gasteiger partial charge in [-0.2, -0.15) is 0 Å². The van der Waals surface area contributed by atoms with Crippen LogP contribution in [0.1, 0.15) is 25.8 Å². The Morgan fingerprint density at radius 3 is 2.68 bits per heavy atom. The molecule has 1 saturated carbocycles. The molecule has 0 radical (unpaired) electrons. The Morgan fingerprint density at radius 1 is 1.42 bits per heavy atom. The minimum absolute atomic E-state index is 0.0549. The van der Waals surface area contributed by atoms with Crippen LogP contribution in [0.4, 0.5) is 0 Å². The number of esters is 1. The van der Waals surface area contributed by atoms with Gasteiger partial charge in [0, 0.05) is 6.04 Å². The summed E-state index contributed by atoms with van der Waals surface area (Å²) in [7, 11) is 0. The number of nitrogens with one attached hydrogen (secondary N) is 1. The summed E-state index contributed by atoms with van der Waals surface area (Å²) in [5, 5.41) is 2.74. The van der Waals surface area contributed by atoms with Crippen LogP contribution in [0.3, 0.4) is 0 Å². The monoisotopic (exact) mass is 261 g/mol. The molecule has 1 N–H and O–H groups in total. The molecule has 1 fully saturated rings. The van der Waals surface area contributed by atoms with Gasteiger partial charge < -0.3 is 10.1 Å². The first-order chi connectivity index (χ1) is 9.05. The van der Waals surface area contributed by atoms with E-state index in [0.29, 0.717) is 19.4 Å². The van der Waals surface area contributed by atoms with Crippen molar-refractivity contribution in [3.8, 4) is 0 Å². The number of benzene rings is 1. The van der Waals surface area contributed by atoms with Crippen LogP contribution in [0, 0.1) is 11.3 Å². The van der Waals surface area contributed by atoms with Crippen LogP contribution in [0.15, 0.2) is 30.3 Å². The van der Waals surface area contributed by atoms with E-state index in [1.165, 1.54) is 0 Å². The molecule has 102 valence electrons. The maximum Gasteiger partial charge on any atom is 0.309 e. The van der Waals surface area contributed by atoms with Gasteiger partial charge in [0.1, 0.15) is 6.61 Å². The van der Waals surface area contributed by atoms with Gasteiger partial charge in [0.05, 0.1) is 5.92 Å². The molecule has 4 nitrogen and oxygen atoms in total. The van der Waals surface area contributed by atoms with Gasteiger partial charge in [-0.3, -0.25) is 9.59 Å². The molecule has 19 heavy (non-hydrogen) atoms. The second-order valence-corrected chi connectivity index (χ2v) is 5.54. The number of carbonyl (C=O) groups is 2. The average molecular weight is 261 g/mol. The van der Waals surface area contributed by atoms with E-state index in [9.17, 15) is 9.59 Å². The van der Waals surface area contributed by atoms with Crippen LogP contribution in [-0.4, -0.2) is 18.4 Å². The lowest BCUT2D eigenvalue weighted by molar-refractivity contribution is -0.164. The molecule has 1 amide bonds.